The number of carbonyl (C=O) groups excluding carboxylic acids is 1. The Balaban J connectivity index is 1.57. The third kappa shape index (κ3) is 4.22. The average Bonchev–Trinajstić information content (AvgIpc) is 3.06. The van der Waals surface area contributed by atoms with Crippen LogP contribution in [0.4, 0.5) is 13.2 Å². The summed E-state index contributed by atoms with van der Waals surface area (Å²) in [7, 11) is 0. The number of thiophene rings is 1. The molecule has 1 aliphatic rings. The second kappa shape index (κ2) is 6.76. The predicted molar refractivity (Wildman–Crippen MR) is 83.9 cm³/mol. The predicted octanol–water partition coefficient (Wildman–Crippen LogP) is 3.38. The first-order valence-electron chi connectivity index (χ1n) is 7.44. The number of aromatic nitrogens is 2. The number of carbonyl (C=O) groups is 1. The summed E-state index contributed by atoms with van der Waals surface area (Å²) >= 11 is 1.48. The summed E-state index contributed by atoms with van der Waals surface area (Å²) in [6, 6.07) is 4.80. The van der Waals surface area contributed by atoms with Crippen molar-refractivity contribution in [1.82, 2.24) is 15.2 Å². The van der Waals surface area contributed by atoms with Gasteiger partial charge in [0.1, 0.15) is 0 Å². The van der Waals surface area contributed by atoms with Crippen LogP contribution in [-0.2, 0) is 17.5 Å². The lowest BCUT2D eigenvalue weighted by Crippen LogP contribution is -2.20. The van der Waals surface area contributed by atoms with Crippen LogP contribution in [-0.4, -0.2) is 21.9 Å². The van der Waals surface area contributed by atoms with Crippen molar-refractivity contribution in [2.75, 3.05) is 0 Å². The molecule has 2 heterocycles. The molecule has 2 aromatic rings. The summed E-state index contributed by atoms with van der Waals surface area (Å²) in [4.78, 5) is 12.7. The largest absolute Gasteiger partial charge is 0.435 e. The smallest absolute Gasteiger partial charge is 0.273 e. The molecule has 1 N–H and O–H groups in total. The number of halogens is 3. The highest BCUT2D eigenvalue weighted by Gasteiger charge is 2.37. The van der Waals surface area contributed by atoms with Crippen LogP contribution in [0.3, 0.4) is 0 Å². The summed E-state index contributed by atoms with van der Waals surface area (Å²) in [5.41, 5.74) is 2.02. The van der Waals surface area contributed by atoms with Crippen molar-refractivity contribution >= 4 is 23.5 Å². The summed E-state index contributed by atoms with van der Waals surface area (Å²) in [6.07, 6.45) is -1.21. The SMILES string of the molecule is O=C(CCn1nc(C(F)(F)F)cc1C1CC1)NN=Cc1cccs1. The fourth-order valence-corrected chi connectivity index (χ4v) is 2.84. The number of aryl methyl sites for hydroxylation is 1. The van der Waals surface area contributed by atoms with E-state index in [9.17, 15) is 18.0 Å². The van der Waals surface area contributed by atoms with Crippen molar-refractivity contribution in [3.8, 4) is 0 Å². The second-order valence-electron chi connectivity index (χ2n) is 5.51. The van der Waals surface area contributed by atoms with E-state index in [2.05, 4.69) is 15.6 Å². The zero-order valence-electron chi connectivity index (χ0n) is 12.6. The van der Waals surface area contributed by atoms with Crippen molar-refractivity contribution in [3.63, 3.8) is 0 Å². The molecule has 2 aromatic heterocycles. The Hall–Kier alpha value is -2.16. The van der Waals surface area contributed by atoms with Crippen LogP contribution in [0.1, 0.15) is 41.4 Å². The van der Waals surface area contributed by atoms with E-state index in [0.29, 0.717) is 5.69 Å². The lowest BCUT2D eigenvalue weighted by Gasteiger charge is -2.05. The van der Waals surface area contributed by atoms with Gasteiger partial charge in [-0.05, 0) is 30.4 Å². The third-order valence-electron chi connectivity index (χ3n) is 3.57. The summed E-state index contributed by atoms with van der Waals surface area (Å²) < 4.78 is 39.7. The maximum atomic E-state index is 12.8. The van der Waals surface area contributed by atoms with Crippen molar-refractivity contribution in [3.05, 3.63) is 39.8 Å². The van der Waals surface area contributed by atoms with Crippen molar-refractivity contribution in [2.45, 2.75) is 37.9 Å². The molecule has 1 saturated carbocycles. The van der Waals surface area contributed by atoms with E-state index in [-0.39, 0.29) is 24.8 Å². The number of nitrogens with zero attached hydrogens (tertiary/aromatic N) is 3. The number of amides is 1. The summed E-state index contributed by atoms with van der Waals surface area (Å²) in [5.74, 6) is -0.248. The molecule has 1 fully saturated rings. The second-order valence-corrected chi connectivity index (χ2v) is 6.49. The molecule has 1 amide bonds. The molecule has 3 rings (SSSR count). The Morgan fingerprint density at radius 3 is 2.92 bits per heavy atom. The molecule has 0 atom stereocenters. The number of hydrogen-bond acceptors (Lipinski definition) is 4. The maximum absolute atomic E-state index is 12.8. The minimum atomic E-state index is -4.47. The number of rotatable bonds is 6. The van der Waals surface area contributed by atoms with Crippen LogP contribution < -0.4 is 5.43 Å². The molecular formula is C15H15F3N4OS. The Bertz CT molecular complexity index is 732. The number of hydrazone groups is 1. The Morgan fingerprint density at radius 1 is 1.50 bits per heavy atom. The zero-order chi connectivity index (χ0) is 17.2. The molecule has 9 heteroatoms. The monoisotopic (exact) mass is 356 g/mol. The van der Waals surface area contributed by atoms with Crippen LogP contribution in [0.5, 0.6) is 0 Å². The minimum Gasteiger partial charge on any atom is -0.273 e. The van der Waals surface area contributed by atoms with Crippen LogP contribution in [0, 0.1) is 0 Å². The van der Waals surface area contributed by atoms with Gasteiger partial charge in [-0.3, -0.25) is 9.48 Å². The molecule has 0 saturated heterocycles. The summed E-state index contributed by atoms with van der Waals surface area (Å²) in [6.45, 7) is 0.0995. The van der Waals surface area contributed by atoms with E-state index in [1.165, 1.54) is 22.2 Å². The molecule has 5 nitrogen and oxygen atoms in total. The molecule has 1 aliphatic carbocycles. The van der Waals surface area contributed by atoms with Gasteiger partial charge in [-0.2, -0.15) is 23.4 Å². The highest BCUT2D eigenvalue weighted by Crippen LogP contribution is 2.42. The Kier molecular flexibility index (Phi) is 4.70. The van der Waals surface area contributed by atoms with E-state index in [4.69, 9.17) is 0 Å². The normalized spacial score (nSPS) is 15.1. The standard InChI is InChI=1S/C15H15F3N4OS/c16-15(17,18)13-8-12(10-3-4-10)22(21-13)6-5-14(23)20-19-9-11-2-1-7-24-11/h1-2,7-10H,3-6H2,(H,20,23). The van der Waals surface area contributed by atoms with Gasteiger partial charge < -0.3 is 0 Å². The molecule has 24 heavy (non-hydrogen) atoms. The highest BCUT2D eigenvalue weighted by atomic mass is 32.1. The first-order chi connectivity index (χ1) is 11.4. The Morgan fingerprint density at radius 2 is 2.29 bits per heavy atom. The van der Waals surface area contributed by atoms with Gasteiger partial charge in [0.05, 0.1) is 12.8 Å². The highest BCUT2D eigenvalue weighted by molar-refractivity contribution is 7.11. The fraction of sp³-hybridized carbons (Fsp3) is 0.400. The van der Waals surface area contributed by atoms with Crippen molar-refractivity contribution in [2.24, 2.45) is 5.10 Å². The van der Waals surface area contributed by atoms with E-state index in [1.807, 2.05) is 17.5 Å². The van der Waals surface area contributed by atoms with Gasteiger partial charge in [0.2, 0.25) is 5.91 Å². The van der Waals surface area contributed by atoms with Gasteiger partial charge in [0.25, 0.3) is 0 Å². The van der Waals surface area contributed by atoms with Crippen molar-refractivity contribution < 1.29 is 18.0 Å². The topological polar surface area (TPSA) is 59.3 Å². The van der Waals surface area contributed by atoms with Crippen LogP contribution in [0.15, 0.2) is 28.7 Å². The first kappa shape index (κ1) is 16.7. The maximum Gasteiger partial charge on any atom is 0.435 e. The van der Waals surface area contributed by atoms with Crippen LogP contribution in [0.2, 0.25) is 0 Å². The van der Waals surface area contributed by atoms with Gasteiger partial charge in [-0.1, -0.05) is 6.07 Å². The Labute approximate surface area is 140 Å². The quantitative estimate of drug-likeness (QED) is 0.637. The van der Waals surface area contributed by atoms with Gasteiger partial charge in [-0.25, -0.2) is 5.43 Å². The molecule has 128 valence electrons. The van der Waals surface area contributed by atoms with E-state index < -0.39 is 11.9 Å². The molecule has 0 aliphatic heterocycles. The van der Waals surface area contributed by atoms with Gasteiger partial charge in [-0.15, -0.1) is 11.3 Å². The average molecular weight is 356 g/mol. The van der Waals surface area contributed by atoms with Gasteiger partial charge >= 0.3 is 6.18 Å². The first-order valence-corrected chi connectivity index (χ1v) is 8.32. The van der Waals surface area contributed by atoms with Crippen LogP contribution in [0.25, 0.3) is 0 Å². The lowest BCUT2D eigenvalue weighted by molar-refractivity contribution is -0.141. The van der Waals surface area contributed by atoms with E-state index in [0.717, 1.165) is 23.8 Å². The number of hydrogen-bond donors (Lipinski definition) is 1. The van der Waals surface area contributed by atoms with Crippen LogP contribution >= 0.6 is 11.3 Å². The molecule has 0 bridgehead atoms. The molecule has 0 radical (unpaired) electrons. The van der Waals surface area contributed by atoms with Gasteiger partial charge in [0.15, 0.2) is 5.69 Å². The molecule has 0 spiro atoms. The summed E-state index contributed by atoms with van der Waals surface area (Å²) in [5, 5.41) is 9.31. The van der Waals surface area contributed by atoms with Crippen molar-refractivity contribution in [1.29, 1.82) is 0 Å². The van der Waals surface area contributed by atoms with E-state index >= 15 is 0 Å². The molecule has 0 aromatic carbocycles. The number of alkyl halides is 3. The lowest BCUT2D eigenvalue weighted by atomic mass is 10.2. The fourth-order valence-electron chi connectivity index (χ4n) is 2.25. The molecular weight excluding hydrogens is 341 g/mol. The zero-order valence-corrected chi connectivity index (χ0v) is 13.4. The van der Waals surface area contributed by atoms with Gasteiger partial charge in [0, 0.05) is 22.9 Å². The molecule has 0 unspecified atom stereocenters. The third-order valence-corrected chi connectivity index (χ3v) is 4.38. The minimum absolute atomic E-state index is 0.0144. The number of nitrogens with one attached hydrogen (secondary N) is 1. The van der Waals surface area contributed by atoms with E-state index in [1.54, 1.807) is 0 Å².